The van der Waals surface area contributed by atoms with Gasteiger partial charge in [0.05, 0.1) is 24.4 Å². The molecule has 5 rings (SSSR count). The molecule has 1 heterocycles. The lowest BCUT2D eigenvalue weighted by atomic mass is 10.0. The molecule has 0 aliphatic rings. The maximum atomic E-state index is 13.0. The third kappa shape index (κ3) is 11.1. The number of hydrogen-bond acceptors (Lipinski definition) is 6. The molecule has 4 aromatic carbocycles. The minimum Gasteiger partial charge on any atom is -0.494 e. The summed E-state index contributed by atoms with van der Waals surface area (Å²) in [5.41, 5.74) is 4.67. The fourth-order valence-electron chi connectivity index (χ4n) is 4.95. The lowest BCUT2D eigenvalue weighted by molar-refractivity contribution is -0.274. The summed E-state index contributed by atoms with van der Waals surface area (Å²) < 4.78 is 53.3. The summed E-state index contributed by atoms with van der Waals surface area (Å²) in [6, 6.07) is 25.9. The number of imidazole rings is 1. The Morgan fingerprint density at radius 1 is 0.882 bits per heavy atom. The van der Waals surface area contributed by atoms with Gasteiger partial charge in [0.2, 0.25) is 5.91 Å². The number of ether oxygens (including phenoxy) is 3. The van der Waals surface area contributed by atoms with Crippen LogP contribution in [-0.4, -0.2) is 41.5 Å². The number of methoxy groups -OCH3 is 1. The molecule has 0 fully saturated rings. The summed E-state index contributed by atoms with van der Waals surface area (Å²) in [7, 11) is 1.36. The molecule has 13 heteroatoms. The summed E-state index contributed by atoms with van der Waals surface area (Å²) in [5.74, 6) is 0.250. The lowest BCUT2D eigenvalue weighted by Crippen LogP contribution is -2.27. The number of hydrogen-bond donors (Lipinski definition) is 1. The predicted octanol–water partition coefficient (Wildman–Crippen LogP) is 9.24. The second kappa shape index (κ2) is 17.1. The highest BCUT2D eigenvalue weighted by atomic mass is 35.5. The molecular weight excluding hydrogens is 706 g/mol. The first kappa shape index (κ1) is 37.0. The van der Waals surface area contributed by atoms with Crippen molar-refractivity contribution in [1.82, 2.24) is 14.9 Å². The molecule has 0 aliphatic heterocycles. The summed E-state index contributed by atoms with van der Waals surface area (Å²) in [4.78, 5) is 29.0. The summed E-state index contributed by atoms with van der Waals surface area (Å²) in [5, 5.41) is 3.66. The van der Waals surface area contributed by atoms with Gasteiger partial charge in [-0.05, 0) is 77.2 Å². The van der Waals surface area contributed by atoms with Crippen LogP contribution in [0.2, 0.25) is 10.0 Å². The van der Waals surface area contributed by atoms with Crippen LogP contribution in [0.5, 0.6) is 11.5 Å². The first-order valence-corrected chi connectivity index (χ1v) is 16.4. The Balaban J connectivity index is 1.26. The van der Waals surface area contributed by atoms with Gasteiger partial charge in [0.25, 0.3) is 0 Å². The Labute approximate surface area is 302 Å². The van der Waals surface area contributed by atoms with Gasteiger partial charge in [-0.1, -0.05) is 77.8 Å². The molecule has 0 atom stereocenters. The average Bonchev–Trinajstić information content (AvgIpc) is 3.50. The highest BCUT2D eigenvalue weighted by molar-refractivity contribution is 6.36. The van der Waals surface area contributed by atoms with Crippen molar-refractivity contribution in [2.24, 2.45) is 0 Å². The maximum absolute atomic E-state index is 13.0. The van der Waals surface area contributed by atoms with E-state index >= 15 is 0 Å². The lowest BCUT2D eigenvalue weighted by Gasteiger charge is -2.10. The van der Waals surface area contributed by atoms with E-state index in [0.717, 1.165) is 16.7 Å². The van der Waals surface area contributed by atoms with Gasteiger partial charge in [-0.25, -0.2) is 4.98 Å². The van der Waals surface area contributed by atoms with Crippen LogP contribution in [0.3, 0.4) is 0 Å². The van der Waals surface area contributed by atoms with E-state index in [1.54, 1.807) is 35.0 Å². The zero-order valence-electron chi connectivity index (χ0n) is 27.3. The number of halogens is 5. The standard InChI is InChI=1S/C38H32Cl2F3N3O5/c1-49-37(48)3-2-20-50-30-16-11-28(12-17-30)27-9-4-25(5-10-27)8-19-35-45-34(32-18-13-29(39)21-33(32)40)23-46(35)24-36(47)44-22-26-6-14-31(15-7-26)51-38(41,42)43/h4-19,21,23H,2-3,20,22,24H2,1H3,(H,44,47)/b19-8+. The molecule has 1 N–H and O–H groups in total. The Kier molecular flexibility index (Phi) is 12.4. The molecule has 1 aromatic heterocycles. The molecule has 0 radical (unpaired) electrons. The van der Waals surface area contributed by atoms with E-state index in [2.05, 4.69) is 14.8 Å². The van der Waals surface area contributed by atoms with E-state index in [1.807, 2.05) is 54.6 Å². The first-order valence-electron chi connectivity index (χ1n) is 15.7. The van der Waals surface area contributed by atoms with Crippen molar-refractivity contribution in [1.29, 1.82) is 0 Å². The van der Waals surface area contributed by atoms with Crippen molar-refractivity contribution < 1.29 is 37.0 Å². The normalized spacial score (nSPS) is 11.4. The molecule has 0 unspecified atom stereocenters. The van der Waals surface area contributed by atoms with Crippen molar-refractivity contribution in [2.75, 3.05) is 13.7 Å². The number of benzene rings is 4. The number of amides is 1. The molecule has 8 nitrogen and oxygen atoms in total. The molecule has 264 valence electrons. The van der Waals surface area contributed by atoms with Gasteiger partial charge < -0.3 is 24.1 Å². The van der Waals surface area contributed by atoms with Crippen molar-refractivity contribution in [3.05, 3.63) is 124 Å². The fraction of sp³-hybridized carbons (Fsp3) is 0.184. The van der Waals surface area contributed by atoms with Crippen LogP contribution in [0, 0.1) is 0 Å². The largest absolute Gasteiger partial charge is 0.573 e. The molecule has 0 saturated heterocycles. The van der Waals surface area contributed by atoms with E-state index in [9.17, 15) is 22.8 Å². The van der Waals surface area contributed by atoms with Crippen molar-refractivity contribution in [2.45, 2.75) is 32.3 Å². The molecule has 5 aromatic rings. The quantitative estimate of drug-likeness (QED) is 0.0903. The Hall–Kier alpha value is -5.26. The smallest absolute Gasteiger partial charge is 0.494 e. The van der Waals surface area contributed by atoms with Crippen molar-refractivity contribution in [3.8, 4) is 33.9 Å². The number of aromatic nitrogens is 2. The third-order valence-corrected chi connectivity index (χ3v) is 8.07. The van der Waals surface area contributed by atoms with Crippen molar-refractivity contribution in [3.63, 3.8) is 0 Å². The van der Waals surface area contributed by atoms with Gasteiger partial charge >= 0.3 is 12.3 Å². The number of carbonyl (C=O) groups excluding carboxylic acids is 2. The van der Waals surface area contributed by atoms with Crippen LogP contribution in [0.1, 0.15) is 29.8 Å². The van der Waals surface area contributed by atoms with E-state index < -0.39 is 6.36 Å². The molecule has 0 spiro atoms. The van der Waals surface area contributed by atoms with E-state index in [0.29, 0.717) is 57.9 Å². The average molecular weight is 739 g/mol. The van der Waals surface area contributed by atoms with Gasteiger partial charge in [0.1, 0.15) is 23.9 Å². The maximum Gasteiger partial charge on any atom is 0.573 e. The Morgan fingerprint density at radius 2 is 1.55 bits per heavy atom. The highest BCUT2D eigenvalue weighted by Gasteiger charge is 2.31. The Bertz CT molecular complexity index is 1980. The van der Waals surface area contributed by atoms with Crippen LogP contribution >= 0.6 is 23.2 Å². The number of nitrogens with zero attached hydrogens (tertiary/aromatic N) is 2. The van der Waals surface area contributed by atoms with Gasteiger partial charge in [-0.3, -0.25) is 9.59 Å². The number of carbonyl (C=O) groups is 2. The zero-order chi connectivity index (χ0) is 36.4. The number of rotatable bonds is 14. The van der Waals surface area contributed by atoms with Crippen LogP contribution < -0.4 is 14.8 Å². The van der Waals surface area contributed by atoms with Crippen LogP contribution in [0.15, 0.2) is 97.2 Å². The Morgan fingerprint density at radius 3 is 2.20 bits per heavy atom. The van der Waals surface area contributed by atoms with Gasteiger partial charge in [0, 0.05) is 29.7 Å². The minimum absolute atomic E-state index is 0.0862. The second-order valence-electron chi connectivity index (χ2n) is 11.2. The number of esters is 1. The summed E-state index contributed by atoms with van der Waals surface area (Å²) in [6.45, 7) is 0.422. The number of alkyl halides is 3. The summed E-state index contributed by atoms with van der Waals surface area (Å²) in [6.07, 6.45) is 1.47. The van der Waals surface area contributed by atoms with Gasteiger partial charge in [-0.15, -0.1) is 13.2 Å². The second-order valence-corrected chi connectivity index (χ2v) is 12.1. The van der Waals surface area contributed by atoms with Crippen LogP contribution in [0.4, 0.5) is 13.2 Å². The fourth-order valence-corrected chi connectivity index (χ4v) is 5.45. The molecular formula is C38H32Cl2F3N3O5. The minimum atomic E-state index is -4.79. The monoisotopic (exact) mass is 737 g/mol. The molecule has 0 saturated carbocycles. The SMILES string of the molecule is COC(=O)CCCOc1ccc(-c2ccc(/C=C/c3nc(-c4ccc(Cl)cc4Cl)cn3CC(=O)NCc3ccc(OC(F)(F)F)cc3)cc2)cc1. The van der Waals surface area contributed by atoms with Crippen molar-refractivity contribution >= 4 is 47.2 Å². The molecule has 0 bridgehead atoms. The highest BCUT2D eigenvalue weighted by Crippen LogP contribution is 2.31. The predicted molar refractivity (Wildman–Crippen MR) is 190 cm³/mol. The molecule has 1 amide bonds. The molecule has 0 aliphatic carbocycles. The van der Waals surface area contributed by atoms with Gasteiger partial charge in [0.15, 0.2) is 0 Å². The number of nitrogens with one attached hydrogen (secondary N) is 1. The van der Waals surface area contributed by atoms with Crippen LogP contribution in [0.25, 0.3) is 34.5 Å². The third-order valence-electron chi connectivity index (χ3n) is 7.52. The van der Waals surface area contributed by atoms with E-state index in [4.69, 9.17) is 32.9 Å². The van der Waals surface area contributed by atoms with Crippen LogP contribution in [-0.2, 0) is 27.4 Å². The molecule has 51 heavy (non-hydrogen) atoms. The van der Waals surface area contributed by atoms with Gasteiger partial charge in [-0.2, -0.15) is 0 Å². The topological polar surface area (TPSA) is 91.7 Å². The first-order chi connectivity index (χ1) is 24.5. The van der Waals surface area contributed by atoms with E-state index in [1.165, 1.54) is 31.4 Å². The zero-order valence-corrected chi connectivity index (χ0v) is 28.8. The summed E-state index contributed by atoms with van der Waals surface area (Å²) >= 11 is 12.6. The van der Waals surface area contributed by atoms with E-state index in [-0.39, 0.29) is 30.7 Å².